The number of imide groups is 1. The summed E-state index contributed by atoms with van der Waals surface area (Å²) in [6.45, 7) is 12.2. The average molecular weight is 625 g/mol. The fourth-order valence-corrected chi connectivity index (χ4v) is 3.75. The van der Waals surface area contributed by atoms with Gasteiger partial charge in [0.25, 0.3) is 0 Å². The number of aromatic nitrogens is 2. The Kier molecular flexibility index (Phi) is 10.7. The molecule has 0 saturated heterocycles. The standard InChI is InChI=1S/C31H37FN6O7/c1-8-33-25-20(26(39)40)11-13-22(36-25)19-10-12-23(21(32)15-19)37-27(41)35-17-18-9-14-24(34-16-18)38(28(42)44-30(2,3)4)29(43)45-31(5,6)7/h9-16H,8,17H2,1-7H3,(H,33,36)(H,39,40)(H2,35,37,41). The number of hydrogen-bond donors (Lipinski definition) is 4. The van der Waals surface area contributed by atoms with Crippen molar-refractivity contribution >= 4 is 41.5 Å². The van der Waals surface area contributed by atoms with Crippen LogP contribution in [0, 0.1) is 5.82 Å². The van der Waals surface area contributed by atoms with Crippen LogP contribution in [0.15, 0.2) is 48.7 Å². The molecule has 1 aromatic carbocycles. The smallest absolute Gasteiger partial charge is 0.425 e. The molecule has 3 aromatic rings. The third kappa shape index (κ3) is 9.88. The van der Waals surface area contributed by atoms with Gasteiger partial charge in [-0.1, -0.05) is 12.1 Å². The second-order valence-corrected chi connectivity index (χ2v) is 11.8. The Morgan fingerprint density at radius 1 is 0.933 bits per heavy atom. The number of rotatable bonds is 8. The lowest BCUT2D eigenvalue weighted by Gasteiger charge is -2.28. The van der Waals surface area contributed by atoms with Crippen molar-refractivity contribution in [2.24, 2.45) is 0 Å². The van der Waals surface area contributed by atoms with E-state index in [4.69, 9.17) is 9.47 Å². The third-order valence-electron chi connectivity index (χ3n) is 5.63. The summed E-state index contributed by atoms with van der Waals surface area (Å²) in [5.41, 5.74) is -0.617. The van der Waals surface area contributed by atoms with Gasteiger partial charge >= 0.3 is 24.2 Å². The number of hydrogen-bond acceptors (Lipinski definition) is 9. The average Bonchev–Trinajstić information content (AvgIpc) is 2.92. The van der Waals surface area contributed by atoms with Crippen LogP contribution in [-0.2, 0) is 16.0 Å². The number of carbonyl (C=O) groups excluding carboxylic acids is 3. The molecule has 3 rings (SSSR count). The maximum atomic E-state index is 14.9. The minimum absolute atomic E-state index is 0.00918. The fraction of sp³-hybridized carbons (Fsp3) is 0.355. The Bertz CT molecular complexity index is 1540. The van der Waals surface area contributed by atoms with E-state index in [1.165, 1.54) is 36.5 Å². The molecule has 2 heterocycles. The molecular formula is C31H37FN6O7. The first-order valence-corrected chi connectivity index (χ1v) is 14.0. The van der Waals surface area contributed by atoms with Crippen LogP contribution < -0.4 is 20.9 Å². The first-order chi connectivity index (χ1) is 21.0. The zero-order valence-corrected chi connectivity index (χ0v) is 26.1. The third-order valence-corrected chi connectivity index (χ3v) is 5.63. The molecule has 0 aliphatic rings. The number of benzene rings is 1. The molecule has 240 valence electrons. The lowest BCUT2D eigenvalue weighted by molar-refractivity contribution is 0.0428. The van der Waals surface area contributed by atoms with E-state index in [0.717, 1.165) is 0 Å². The molecule has 4 amide bonds. The minimum Gasteiger partial charge on any atom is -0.478 e. The van der Waals surface area contributed by atoms with Crippen molar-refractivity contribution in [3.05, 3.63) is 65.6 Å². The van der Waals surface area contributed by atoms with E-state index in [1.807, 2.05) is 0 Å². The monoisotopic (exact) mass is 624 g/mol. The lowest BCUT2D eigenvalue weighted by Crippen LogP contribution is -2.44. The second-order valence-electron chi connectivity index (χ2n) is 11.8. The number of carbonyl (C=O) groups is 4. The minimum atomic E-state index is -1.14. The lowest BCUT2D eigenvalue weighted by atomic mass is 10.1. The number of halogens is 1. The van der Waals surface area contributed by atoms with Gasteiger partial charge in [-0.15, -0.1) is 0 Å². The van der Waals surface area contributed by atoms with E-state index in [1.54, 1.807) is 60.6 Å². The van der Waals surface area contributed by atoms with Crippen LogP contribution in [0.2, 0.25) is 0 Å². The van der Waals surface area contributed by atoms with E-state index in [0.29, 0.717) is 28.3 Å². The first kappa shape index (κ1) is 34.2. The van der Waals surface area contributed by atoms with Gasteiger partial charge in [0.1, 0.15) is 34.2 Å². The highest BCUT2D eigenvalue weighted by molar-refractivity contribution is 6.08. The summed E-state index contributed by atoms with van der Waals surface area (Å²) in [4.78, 5) is 58.7. The number of carboxylic acid groups (broad SMARTS) is 1. The molecule has 0 aliphatic heterocycles. The van der Waals surface area contributed by atoms with E-state index in [9.17, 15) is 28.7 Å². The number of carboxylic acids is 1. The van der Waals surface area contributed by atoms with Crippen LogP contribution >= 0.6 is 0 Å². The highest BCUT2D eigenvalue weighted by Crippen LogP contribution is 2.26. The summed E-state index contributed by atoms with van der Waals surface area (Å²) in [7, 11) is 0. The van der Waals surface area contributed by atoms with Gasteiger partial charge in [0.2, 0.25) is 0 Å². The number of nitrogens with one attached hydrogen (secondary N) is 3. The van der Waals surface area contributed by atoms with Gasteiger partial charge < -0.3 is 30.5 Å². The molecular weight excluding hydrogens is 587 g/mol. The molecule has 0 atom stereocenters. The summed E-state index contributed by atoms with van der Waals surface area (Å²) >= 11 is 0. The molecule has 0 saturated carbocycles. The predicted octanol–water partition coefficient (Wildman–Crippen LogP) is 6.41. The maximum Gasteiger partial charge on any atom is 0.425 e. The molecule has 2 aromatic heterocycles. The molecule has 0 spiro atoms. The van der Waals surface area contributed by atoms with Crippen LogP contribution in [-0.4, -0.2) is 57.0 Å². The normalized spacial score (nSPS) is 11.3. The summed E-state index contributed by atoms with van der Waals surface area (Å²) in [6.07, 6.45) is -0.570. The second kappa shape index (κ2) is 14.0. The SMILES string of the molecule is CCNc1nc(-c2ccc(NC(=O)NCc3ccc(N(C(=O)OC(C)(C)C)C(=O)OC(C)(C)C)nc3)c(F)c2)ccc1C(=O)O. The summed E-state index contributed by atoms with van der Waals surface area (Å²) < 4.78 is 25.6. The molecule has 4 N–H and O–H groups in total. The van der Waals surface area contributed by atoms with Crippen molar-refractivity contribution in [1.82, 2.24) is 15.3 Å². The van der Waals surface area contributed by atoms with Gasteiger partial charge in [-0.25, -0.2) is 33.5 Å². The molecule has 0 unspecified atom stereocenters. The van der Waals surface area contributed by atoms with E-state index >= 15 is 0 Å². The van der Waals surface area contributed by atoms with Crippen molar-refractivity contribution in [2.45, 2.75) is 66.2 Å². The number of urea groups is 1. The van der Waals surface area contributed by atoms with Crippen LogP contribution in [0.25, 0.3) is 11.3 Å². The Balaban J connectivity index is 1.67. The van der Waals surface area contributed by atoms with E-state index < -0.39 is 41.2 Å². The molecule has 0 radical (unpaired) electrons. The van der Waals surface area contributed by atoms with Gasteiger partial charge in [-0.3, -0.25) is 0 Å². The number of nitrogens with zero attached hydrogens (tertiary/aromatic N) is 3. The van der Waals surface area contributed by atoms with Crippen molar-refractivity contribution in [3.8, 4) is 11.3 Å². The van der Waals surface area contributed by atoms with Gasteiger partial charge in [0.15, 0.2) is 0 Å². The van der Waals surface area contributed by atoms with Crippen LogP contribution in [0.5, 0.6) is 0 Å². The molecule has 0 fully saturated rings. The van der Waals surface area contributed by atoms with Crippen molar-refractivity contribution < 1.29 is 38.1 Å². The highest BCUT2D eigenvalue weighted by atomic mass is 19.1. The molecule has 0 bridgehead atoms. The summed E-state index contributed by atoms with van der Waals surface area (Å²) in [6, 6.07) is 9.19. The summed E-state index contributed by atoms with van der Waals surface area (Å²) in [5.74, 6) is -1.75. The highest BCUT2D eigenvalue weighted by Gasteiger charge is 2.33. The number of ether oxygens (including phenoxy) is 2. The molecule has 14 heteroatoms. The predicted molar refractivity (Wildman–Crippen MR) is 166 cm³/mol. The topological polar surface area (TPSA) is 172 Å². The zero-order valence-electron chi connectivity index (χ0n) is 26.1. The number of amides is 4. The van der Waals surface area contributed by atoms with Crippen LogP contribution in [0.3, 0.4) is 0 Å². The Labute approximate surface area is 260 Å². The van der Waals surface area contributed by atoms with Crippen LogP contribution in [0.1, 0.15) is 64.4 Å². The Morgan fingerprint density at radius 2 is 1.58 bits per heavy atom. The number of pyridine rings is 2. The van der Waals surface area contributed by atoms with Crippen molar-refractivity contribution in [3.63, 3.8) is 0 Å². The Morgan fingerprint density at radius 3 is 2.09 bits per heavy atom. The summed E-state index contributed by atoms with van der Waals surface area (Å²) in [5, 5.41) is 17.3. The van der Waals surface area contributed by atoms with E-state index in [2.05, 4.69) is 25.9 Å². The molecule has 45 heavy (non-hydrogen) atoms. The van der Waals surface area contributed by atoms with Crippen molar-refractivity contribution in [2.75, 3.05) is 22.1 Å². The first-order valence-electron chi connectivity index (χ1n) is 14.0. The van der Waals surface area contributed by atoms with Crippen molar-refractivity contribution in [1.29, 1.82) is 0 Å². The quantitative estimate of drug-likeness (QED) is 0.219. The van der Waals surface area contributed by atoms with Gasteiger partial charge in [0, 0.05) is 24.8 Å². The van der Waals surface area contributed by atoms with Gasteiger partial charge in [0.05, 0.1) is 11.4 Å². The largest absolute Gasteiger partial charge is 0.478 e. The number of anilines is 3. The van der Waals surface area contributed by atoms with E-state index in [-0.39, 0.29) is 29.4 Å². The molecule has 13 nitrogen and oxygen atoms in total. The van der Waals surface area contributed by atoms with Crippen LogP contribution in [0.4, 0.5) is 36.1 Å². The zero-order chi connectivity index (χ0) is 33.5. The number of aromatic carboxylic acids is 1. The fourth-order valence-electron chi connectivity index (χ4n) is 3.75. The Hall–Kier alpha value is -5.27. The van der Waals surface area contributed by atoms with Gasteiger partial charge in [-0.05, 0) is 84.4 Å². The van der Waals surface area contributed by atoms with Gasteiger partial charge in [-0.2, -0.15) is 4.90 Å². The maximum absolute atomic E-state index is 14.9. The molecule has 0 aliphatic carbocycles.